The Morgan fingerprint density at radius 2 is 2.00 bits per heavy atom. The maximum Gasteiger partial charge on any atom is 0.436 e. The second-order valence-corrected chi connectivity index (χ2v) is 4.38. The van der Waals surface area contributed by atoms with Gasteiger partial charge in [0.05, 0.1) is 4.53 Å². The van der Waals surface area contributed by atoms with Gasteiger partial charge >= 0.3 is 16.6 Å². The van der Waals surface area contributed by atoms with Crippen LogP contribution < -0.4 is 0 Å². The zero-order valence-corrected chi connectivity index (χ0v) is 10.1. The van der Waals surface area contributed by atoms with Crippen LogP contribution in [-0.2, 0) is 15.3 Å². The molecule has 92 valence electrons. The van der Waals surface area contributed by atoms with Crippen molar-refractivity contribution in [3.63, 3.8) is 0 Å². The summed E-state index contributed by atoms with van der Waals surface area (Å²) >= 11 is 0. The average molecular weight is 249 g/mol. The van der Waals surface area contributed by atoms with Gasteiger partial charge in [-0.25, -0.2) is 4.79 Å². The van der Waals surface area contributed by atoms with Crippen LogP contribution in [0.1, 0.15) is 12.8 Å². The van der Waals surface area contributed by atoms with Crippen LogP contribution in [0.25, 0.3) is 0 Å². The van der Waals surface area contributed by atoms with Crippen molar-refractivity contribution in [1.82, 2.24) is 9.80 Å². The minimum atomic E-state index is -2.72. The molecule has 1 heterocycles. The van der Waals surface area contributed by atoms with E-state index < -0.39 is 16.6 Å². The molecule has 1 amide bonds. The van der Waals surface area contributed by atoms with Gasteiger partial charge in [0, 0.05) is 13.1 Å². The normalized spacial score (nSPS) is 17.9. The van der Waals surface area contributed by atoms with E-state index in [1.807, 2.05) is 7.05 Å². The number of rotatable bonds is 2. The Labute approximate surface area is 95.6 Å². The second kappa shape index (κ2) is 5.80. The third kappa shape index (κ3) is 3.78. The van der Waals surface area contributed by atoms with Crippen molar-refractivity contribution in [3.8, 4) is 0 Å². The number of piperidine rings is 1. The lowest BCUT2D eigenvalue weighted by Gasteiger charge is -2.33. The maximum atomic E-state index is 11.4. The summed E-state index contributed by atoms with van der Waals surface area (Å²) in [4.78, 5) is 19.1. The fourth-order valence-corrected chi connectivity index (χ4v) is 1.78. The minimum absolute atomic E-state index is 0.0824. The van der Waals surface area contributed by atoms with Crippen LogP contribution in [0.5, 0.6) is 0 Å². The van der Waals surface area contributed by atoms with Crippen molar-refractivity contribution in [2.75, 3.05) is 27.2 Å². The van der Waals surface area contributed by atoms with E-state index in [0.717, 1.165) is 25.9 Å². The Morgan fingerprint density at radius 1 is 1.44 bits per heavy atom. The molecular formula is C8H15N3O4S. The van der Waals surface area contributed by atoms with E-state index in [4.69, 9.17) is 0 Å². The number of carbonyl (C=O) groups excluding carboxylic acids is 1. The second-order valence-electron chi connectivity index (χ2n) is 3.79. The highest BCUT2D eigenvalue weighted by molar-refractivity contribution is 7.61. The van der Waals surface area contributed by atoms with Gasteiger partial charge in [-0.3, -0.25) is 4.84 Å². The van der Waals surface area contributed by atoms with Crippen molar-refractivity contribution in [2.24, 2.45) is 4.53 Å². The Balaban J connectivity index is 2.47. The number of nitrogens with zero attached hydrogens (tertiary/aromatic N) is 3. The fraction of sp³-hybridized carbons (Fsp3) is 0.875. The molecule has 0 aromatic rings. The van der Waals surface area contributed by atoms with Crippen LogP contribution in [0, 0.1) is 0 Å². The zero-order chi connectivity index (χ0) is 12.1. The lowest BCUT2D eigenvalue weighted by Crippen LogP contribution is -2.44. The molecular weight excluding hydrogens is 234 g/mol. The third-order valence-corrected chi connectivity index (χ3v) is 2.90. The summed E-state index contributed by atoms with van der Waals surface area (Å²) in [5.41, 5.74) is 0. The molecule has 0 N–H and O–H groups in total. The summed E-state index contributed by atoms with van der Waals surface area (Å²) in [6.45, 7) is 1.82. The highest BCUT2D eigenvalue weighted by Gasteiger charge is 2.25. The van der Waals surface area contributed by atoms with Crippen LogP contribution in [0.4, 0.5) is 4.79 Å². The molecule has 0 bridgehead atoms. The van der Waals surface area contributed by atoms with Crippen molar-refractivity contribution >= 4 is 16.6 Å². The zero-order valence-electron chi connectivity index (χ0n) is 9.29. The van der Waals surface area contributed by atoms with Gasteiger partial charge in [0.25, 0.3) is 0 Å². The number of carbonyl (C=O) groups is 1. The van der Waals surface area contributed by atoms with Crippen molar-refractivity contribution in [1.29, 1.82) is 0 Å². The standard InChI is InChI=1S/C8H15N3O4S/c1-10-5-3-7(4-6-10)11(2)8(12)15-9-16(13)14/h7H,3-6H2,1-2H3. The quantitative estimate of drug-likeness (QED) is 0.650. The predicted molar refractivity (Wildman–Crippen MR) is 56.1 cm³/mol. The first-order valence-corrected chi connectivity index (χ1v) is 5.96. The van der Waals surface area contributed by atoms with Gasteiger partial charge in [-0.1, -0.05) is 0 Å². The summed E-state index contributed by atoms with van der Waals surface area (Å²) in [5.74, 6) is 0. The number of hydrogen-bond donors (Lipinski definition) is 0. The molecule has 1 saturated heterocycles. The SMILES string of the molecule is CN1CCC(N(C)C(=O)ON=S(=O)=O)CC1. The molecule has 0 aromatic carbocycles. The molecule has 0 aliphatic carbocycles. The molecule has 16 heavy (non-hydrogen) atoms. The minimum Gasteiger partial charge on any atom is -0.306 e. The van der Waals surface area contributed by atoms with Crippen LogP contribution >= 0.6 is 0 Å². The van der Waals surface area contributed by atoms with E-state index in [1.54, 1.807) is 7.05 Å². The van der Waals surface area contributed by atoms with Crippen molar-refractivity contribution < 1.29 is 18.0 Å². The Bertz CT molecular complexity index is 365. The summed E-state index contributed by atoms with van der Waals surface area (Å²) in [7, 11) is 0.887. The highest BCUT2D eigenvalue weighted by Crippen LogP contribution is 2.14. The van der Waals surface area contributed by atoms with Gasteiger partial charge in [-0.2, -0.15) is 8.42 Å². The Hall–Kier alpha value is -1.15. The summed E-state index contributed by atoms with van der Waals surface area (Å²) in [6, 6.07) is 0.0824. The van der Waals surface area contributed by atoms with Gasteiger partial charge in [0.1, 0.15) is 0 Å². The van der Waals surface area contributed by atoms with Gasteiger partial charge < -0.3 is 9.80 Å². The van der Waals surface area contributed by atoms with Crippen LogP contribution in [0.3, 0.4) is 0 Å². The van der Waals surface area contributed by atoms with Gasteiger partial charge in [-0.05, 0) is 33.0 Å². The molecule has 7 nitrogen and oxygen atoms in total. The van der Waals surface area contributed by atoms with E-state index >= 15 is 0 Å². The number of amides is 1. The molecule has 0 aromatic heterocycles. The van der Waals surface area contributed by atoms with Gasteiger partial charge in [0.2, 0.25) is 0 Å². The molecule has 1 aliphatic heterocycles. The molecule has 0 unspecified atom stereocenters. The van der Waals surface area contributed by atoms with E-state index in [9.17, 15) is 13.2 Å². The monoisotopic (exact) mass is 249 g/mol. The molecule has 0 spiro atoms. The smallest absolute Gasteiger partial charge is 0.306 e. The summed E-state index contributed by atoms with van der Waals surface area (Å²) in [6.07, 6.45) is 0.962. The number of hydrogen-bond acceptors (Lipinski definition) is 6. The first kappa shape index (κ1) is 12.9. The predicted octanol–water partition coefficient (Wildman–Crippen LogP) is 0.127. The maximum absolute atomic E-state index is 11.4. The topological polar surface area (TPSA) is 79.3 Å². The van der Waals surface area contributed by atoms with Crippen LogP contribution in [-0.4, -0.2) is 57.5 Å². The average Bonchev–Trinajstić information content (AvgIpc) is 2.26. The van der Waals surface area contributed by atoms with Crippen molar-refractivity contribution in [2.45, 2.75) is 18.9 Å². The van der Waals surface area contributed by atoms with E-state index in [-0.39, 0.29) is 6.04 Å². The first-order valence-electron chi connectivity index (χ1n) is 4.93. The highest BCUT2D eigenvalue weighted by atomic mass is 32.2. The molecule has 1 aliphatic rings. The van der Waals surface area contributed by atoms with Gasteiger partial charge in [-0.15, -0.1) is 0 Å². The molecule has 1 fully saturated rings. The lowest BCUT2D eigenvalue weighted by atomic mass is 10.0. The molecule has 8 heteroatoms. The van der Waals surface area contributed by atoms with E-state index in [1.165, 1.54) is 4.90 Å². The molecule has 0 radical (unpaired) electrons. The molecule has 0 atom stereocenters. The largest absolute Gasteiger partial charge is 0.436 e. The molecule has 0 saturated carbocycles. The fourth-order valence-electron chi connectivity index (χ4n) is 1.66. The Kier molecular flexibility index (Phi) is 4.69. The van der Waals surface area contributed by atoms with Crippen LogP contribution in [0.2, 0.25) is 0 Å². The van der Waals surface area contributed by atoms with Crippen molar-refractivity contribution in [3.05, 3.63) is 0 Å². The van der Waals surface area contributed by atoms with E-state index in [0.29, 0.717) is 0 Å². The summed E-state index contributed by atoms with van der Waals surface area (Å²) < 4.78 is 22.8. The van der Waals surface area contributed by atoms with Gasteiger partial charge in [0.15, 0.2) is 0 Å². The third-order valence-electron chi connectivity index (χ3n) is 2.70. The summed E-state index contributed by atoms with van der Waals surface area (Å²) in [5, 5.41) is 0. The lowest BCUT2D eigenvalue weighted by molar-refractivity contribution is 0.0843. The van der Waals surface area contributed by atoms with E-state index in [2.05, 4.69) is 14.3 Å². The first-order chi connectivity index (χ1) is 7.50. The molecule has 1 rings (SSSR count). The number of likely N-dealkylation sites (tertiary alicyclic amines) is 1. The van der Waals surface area contributed by atoms with Crippen LogP contribution in [0.15, 0.2) is 4.53 Å². The Morgan fingerprint density at radius 3 is 2.50 bits per heavy atom.